The van der Waals surface area contributed by atoms with E-state index in [1.54, 1.807) is 6.08 Å². The Morgan fingerprint density at radius 2 is 1.65 bits per heavy atom. The zero-order valence-corrected chi connectivity index (χ0v) is 11.3. The highest BCUT2D eigenvalue weighted by Gasteiger charge is 2.07. The van der Waals surface area contributed by atoms with Gasteiger partial charge < -0.3 is 0 Å². The summed E-state index contributed by atoms with van der Waals surface area (Å²) in [5.41, 5.74) is 1.27. The molecule has 0 aliphatic rings. The fourth-order valence-electron chi connectivity index (χ4n) is 1.60. The number of non-ortho nitro benzene ring substituents is 1. The summed E-state index contributed by atoms with van der Waals surface area (Å²) in [5.74, 6) is -0.199. The summed E-state index contributed by atoms with van der Waals surface area (Å²) in [6, 6.07) is 12.9. The molecule has 0 amide bonds. The fourth-order valence-corrected chi connectivity index (χ4v) is 1.75. The van der Waals surface area contributed by atoms with Crippen LogP contribution in [0.25, 0.3) is 6.08 Å². The molecule has 0 unspecified atom stereocenters. The third-order valence-electron chi connectivity index (χ3n) is 2.68. The minimum absolute atomic E-state index is 0.0325. The molecule has 0 saturated heterocycles. The van der Waals surface area contributed by atoms with Crippen molar-refractivity contribution in [2.45, 2.75) is 4.90 Å². The van der Waals surface area contributed by atoms with E-state index >= 15 is 0 Å². The van der Waals surface area contributed by atoms with Gasteiger partial charge in [-0.25, -0.2) is 0 Å². The molecular weight excluding hydrogens is 274 g/mol. The first-order valence-corrected chi connectivity index (χ1v) is 6.27. The van der Waals surface area contributed by atoms with E-state index in [0.717, 1.165) is 10.5 Å². The van der Waals surface area contributed by atoms with Crippen LogP contribution in [0.1, 0.15) is 15.9 Å². The average molecular weight is 285 g/mol. The van der Waals surface area contributed by atoms with Gasteiger partial charge in [0.1, 0.15) is 0 Å². The number of benzene rings is 2. The minimum Gasteiger partial charge on any atom is -0.289 e. The molecule has 0 radical (unpaired) electrons. The molecule has 20 heavy (non-hydrogen) atoms. The quantitative estimate of drug-likeness (QED) is 0.306. The van der Waals surface area contributed by atoms with Gasteiger partial charge in [-0.15, -0.1) is 12.6 Å². The minimum atomic E-state index is -0.497. The van der Waals surface area contributed by atoms with Crippen LogP contribution in [-0.4, -0.2) is 10.7 Å². The van der Waals surface area contributed by atoms with Crippen LogP contribution in [0.2, 0.25) is 0 Å². The van der Waals surface area contributed by atoms with Crippen LogP contribution in [0, 0.1) is 10.1 Å². The van der Waals surface area contributed by atoms with Crippen molar-refractivity contribution in [3.63, 3.8) is 0 Å². The van der Waals surface area contributed by atoms with Gasteiger partial charge in [0.25, 0.3) is 5.69 Å². The van der Waals surface area contributed by atoms with Crippen molar-refractivity contribution in [3.05, 3.63) is 75.8 Å². The van der Waals surface area contributed by atoms with Gasteiger partial charge in [0.15, 0.2) is 5.78 Å². The summed E-state index contributed by atoms with van der Waals surface area (Å²) >= 11 is 4.18. The van der Waals surface area contributed by atoms with Crippen LogP contribution < -0.4 is 0 Å². The topological polar surface area (TPSA) is 60.2 Å². The number of nitrogens with zero attached hydrogens (tertiary/aromatic N) is 1. The predicted molar refractivity (Wildman–Crippen MR) is 80.2 cm³/mol. The van der Waals surface area contributed by atoms with Crippen molar-refractivity contribution in [1.82, 2.24) is 0 Å². The van der Waals surface area contributed by atoms with Crippen molar-refractivity contribution < 1.29 is 9.72 Å². The molecule has 4 nitrogen and oxygen atoms in total. The maximum Gasteiger partial charge on any atom is 0.269 e. The number of ketones is 1. The summed E-state index contributed by atoms with van der Waals surface area (Å²) in [5, 5.41) is 10.5. The van der Waals surface area contributed by atoms with E-state index in [0.29, 0.717) is 5.56 Å². The SMILES string of the molecule is O=C(C=Cc1ccc(S)cc1)c1ccc([N+](=O)[O-])cc1. The van der Waals surface area contributed by atoms with Crippen LogP contribution in [0.4, 0.5) is 5.69 Å². The van der Waals surface area contributed by atoms with Gasteiger partial charge in [-0.1, -0.05) is 18.2 Å². The Balaban J connectivity index is 2.11. The number of nitro groups is 1. The van der Waals surface area contributed by atoms with Crippen molar-refractivity contribution >= 4 is 30.2 Å². The monoisotopic (exact) mass is 285 g/mol. The molecule has 0 atom stereocenters. The summed E-state index contributed by atoms with van der Waals surface area (Å²) in [4.78, 5) is 22.8. The highest BCUT2D eigenvalue weighted by Crippen LogP contribution is 2.14. The van der Waals surface area contributed by atoms with Gasteiger partial charge in [0.05, 0.1) is 4.92 Å². The molecule has 0 heterocycles. The lowest BCUT2D eigenvalue weighted by atomic mass is 10.1. The molecule has 2 aromatic rings. The highest BCUT2D eigenvalue weighted by molar-refractivity contribution is 7.80. The molecule has 2 aromatic carbocycles. The van der Waals surface area contributed by atoms with E-state index in [4.69, 9.17) is 0 Å². The Kier molecular flexibility index (Phi) is 4.32. The van der Waals surface area contributed by atoms with Crippen molar-refractivity contribution in [2.24, 2.45) is 0 Å². The molecule has 0 fully saturated rings. The van der Waals surface area contributed by atoms with Crippen molar-refractivity contribution in [3.8, 4) is 0 Å². The molecule has 0 bridgehead atoms. The van der Waals surface area contributed by atoms with Gasteiger partial charge in [-0.3, -0.25) is 14.9 Å². The maximum atomic E-state index is 11.9. The number of allylic oxidation sites excluding steroid dienone is 1. The van der Waals surface area contributed by atoms with E-state index in [1.165, 1.54) is 30.3 Å². The molecule has 5 heteroatoms. The second-order valence-electron chi connectivity index (χ2n) is 4.09. The number of carbonyl (C=O) groups is 1. The normalized spacial score (nSPS) is 10.7. The van der Waals surface area contributed by atoms with Crippen LogP contribution in [0.3, 0.4) is 0 Å². The third kappa shape index (κ3) is 3.55. The fraction of sp³-hybridized carbons (Fsp3) is 0. The van der Waals surface area contributed by atoms with Crippen LogP contribution >= 0.6 is 12.6 Å². The molecular formula is C15H11NO3S. The van der Waals surface area contributed by atoms with E-state index in [2.05, 4.69) is 12.6 Å². The summed E-state index contributed by atoms with van der Waals surface area (Å²) < 4.78 is 0. The lowest BCUT2D eigenvalue weighted by molar-refractivity contribution is -0.384. The van der Waals surface area contributed by atoms with Crippen LogP contribution in [0.15, 0.2) is 59.5 Å². The van der Waals surface area contributed by atoms with Gasteiger partial charge >= 0.3 is 0 Å². The molecule has 0 aliphatic heterocycles. The van der Waals surface area contributed by atoms with Gasteiger partial charge in [0.2, 0.25) is 0 Å². The van der Waals surface area contributed by atoms with E-state index < -0.39 is 4.92 Å². The average Bonchev–Trinajstić information content (AvgIpc) is 2.46. The second-order valence-corrected chi connectivity index (χ2v) is 4.61. The number of rotatable bonds is 4. The smallest absolute Gasteiger partial charge is 0.269 e. The Bertz CT molecular complexity index is 661. The largest absolute Gasteiger partial charge is 0.289 e. The van der Waals surface area contributed by atoms with Crippen LogP contribution in [0.5, 0.6) is 0 Å². The number of carbonyl (C=O) groups excluding carboxylic acids is 1. The summed E-state index contributed by atoms with van der Waals surface area (Å²) in [6.07, 6.45) is 3.13. The summed E-state index contributed by atoms with van der Waals surface area (Å²) in [7, 11) is 0. The first-order valence-electron chi connectivity index (χ1n) is 5.82. The maximum absolute atomic E-state index is 11.9. The van der Waals surface area contributed by atoms with Crippen molar-refractivity contribution in [1.29, 1.82) is 0 Å². The second kappa shape index (κ2) is 6.16. The predicted octanol–water partition coefficient (Wildman–Crippen LogP) is 3.78. The Morgan fingerprint density at radius 3 is 2.20 bits per heavy atom. The zero-order valence-electron chi connectivity index (χ0n) is 10.4. The third-order valence-corrected chi connectivity index (χ3v) is 2.98. The van der Waals surface area contributed by atoms with E-state index in [1.807, 2.05) is 24.3 Å². The molecule has 0 N–H and O–H groups in total. The summed E-state index contributed by atoms with van der Waals surface area (Å²) in [6.45, 7) is 0. The van der Waals surface area contributed by atoms with E-state index in [9.17, 15) is 14.9 Å². The van der Waals surface area contributed by atoms with Gasteiger partial charge in [-0.05, 0) is 35.9 Å². The number of hydrogen-bond donors (Lipinski definition) is 1. The zero-order chi connectivity index (χ0) is 14.5. The Labute approximate surface area is 121 Å². The van der Waals surface area contributed by atoms with Gasteiger partial charge in [-0.2, -0.15) is 0 Å². The molecule has 0 aliphatic carbocycles. The Hall–Kier alpha value is -2.40. The Morgan fingerprint density at radius 1 is 1.05 bits per heavy atom. The number of hydrogen-bond acceptors (Lipinski definition) is 4. The molecule has 100 valence electrons. The highest BCUT2D eigenvalue weighted by atomic mass is 32.1. The van der Waals surface area contributed by atoms with Crippen molar-refractivity contribution in [2.75, 3.05) is 0 Å². The molecule has 0 aromatic heterocycles. The molecule has 2 rings (SSSR count). The first-order chi connectivity index (χ1) is 9.56. The standard InChI is InChI=1S/C15H11NO3S/c17-15(10-3-11-1-8-14(20)9-2-11)12-4-6-13(7-5-12)16(18)19/h1-10,20H. The van der Waals surface area contributed by atoms with Gasteiger partial charge in [0, 0.05) is 22.6 Å². The molecule has 0 spiro atoms. The lowest BCUT2D eigenvalue weighted by Gasteiger charge is -1.96. The first kappa shape index (κ1) is 14.0. The lowest BCUT2D eigenvalue weighted by Crippen LogP contribution is -1.95. The number of nitro benzene ring substituents is 1. The van der Waals surface area contributed by atoms with E-state index in [-0.39, 0.29) is 11.5 Å². The number of thiol groups is 1. The van der Waals surface area contributed by atoms with Crippen LogP contribution in [-0.2, 0) is 0 Å². The molecule has 0 saturated carbocycles.